The number of rotatable bonds is 5. The molecule has 1 aliphatic rings. The van der Waals surface area contributed by atoms with Crippen molar-refractivity contribution in [2.24, 2.45) is 11.8 Å². The molecule has 0 spiro atoms. The van der Waals surface area contributed by atoms with Crippen LogP contribution in [0, 0.1) is 11.8 Å². The van der Waals surface area contributed by atoms with Gasteiger partial charge < -0.3 is 10.0 Å². The van der Waals surface area contributed by atoms with E-state index in [1.54, 1.807) is 12.1 Å². The van der Waals surface area contributed by atoms with Gasteiger partial charge in [-0.1, -0.05) is 20.8 Å². The molecule has 0 bridgehead atoms. The predicted octanol–water partition coefficient (Wildman–Crippen LogP) is 3.00. The summed E-state index contributed by atoms with van der Waals surface area (Å²) in [4.78, 5) is 17.9. The van der Waals surface area contributed by atoms with Crippen molar-refractivity contribution in [3.8, 4) is 0 Å². The smallest absolute Gasteiger partial charge is 0.335 e. The predicted molar refractivity (Wildman–Crippen MR) is 75.8 cm³/mol. The van der Waals surface area contributed by atoms with Gasteiger partial charge >= 0.3 is 5.97 Å². The number of anilines is 1. The van der Waals surface area contributed by atoms with Gasteiger partial charge in [-0.25, -0.2) is 9.78 Å². The summed E-state index contributed by atoms with van der Waals surface area (Å²) < 4.78 is 0. The van der Waals surface area contributed by atoms with E-state index in [-0.39, 0.29) is 5.92 Å². The van der Waals surface area contributed by atoms with Gasteiger partial charge in [0.15, 0.2) is 0 Å². The average Bonchev–Trinajstić information content (AvgIpc) is 3.04. The van der Waals surface area contributed by atoms with E-state index in [0.717, 1.165) is 29.9 Å². The summed E-state index contributed by atoms with van der Waals surface area (Å²) in [5, 5.41) is 9.19. The quantitative estimate of drug-likeness (QED) is 0.886. The van der Waals surface area contributed by atoms with Crippen LogP contribution >= 0.6 is 0 Å². The van der Waals surface area contributed by atoms with Gasteiger partial charge in [-0.05, 0) is 36.3 Å². The molecule has 1 saturated carbocycles. The Morgan fingerprint density at radius 3 is 2.63 bits per heavy atom. The zero-order valence-corrected chi connectivity index (χ0v) is 12.1. The van der Waals surface area contributed by atoms with E-state index < -0.39 is 5.97 Å². The molecule has 0 aromatic carbocycles. The van der Waals surface area contributed by atoms with E-state index in [0.29, 0.717) is 5.56 Å². The van der Waals surface area contributed by atoms with Crippen molar-refractivity contribution < 1.29 is 9.90 Å². The van der Waals surface area contributed by atoms with Crippen LogP contribution in [0.5, 0.6) is 0 Å². The summed E-state index contributed by atoms with van der Waals surface area (Å²) in [6, 6.07) is 3.34. The topological polar surface area (TPSA) is 53.4 Å². The van der Waals surface area contributed by atoms with Crippen molar-refractivity contribution in [1.29, 1.82) is 0 Å². The van der Waals surface area contributed by atoms with Crippen LogP contribution in [0.4, 0.5) is 5.82 Å². The van der Waals surface area contributed by atoms with Crippen LogP contribution in [0.15, 0.2) is 12.1 Å². The van der Waals surface area contributed by atoms with E-state index in [1.165, 1.54) is 6.42 Å². The first-order valence-corrected chi connectivity index (χ1v) is 6.85. The lowest BCUT2D eigenvalue weighted by atomic mass is 10.1. The molecule has 0 radical (unpaired) electrons. The maximum atomic E-state index is 11.2. The molecule has 2 atom stereocenters. The fraction of sp³-hybridized carbons (Fsp3) is 0.600. The highest BCUT2D eigenvalue weighted by Crippen LogP contribution is 2.38. The summed E-state index contributed by atoms with van der Waals surface area (Å²) in [6.07, 6.45) is 1.26. The molecule has 1 N–H and O–H groups in total. The first-order valence-electron chi connectivity index (χ1n) is 6.85. The number of pyridine rings is 1. The number of carboxylic acid groups (broad SMARTS) is 1. The minimum atomic E-state index is -0.890. The zero-order valence-electron chi connectivity index (χ0n) is 12.1. The number of carboxylic acids is 1. The normalized spacial score (nSPS) is 21.5. The fourth-order valence-electron chi connectivity index (χ4n) is 2.25. The second-order valence-electron chi connectivity index (χ2n) is 5.95. The molecule has 1 aromatic rings. The fourth-order valence-corrected chi connectivity index (χ4v) is 2.25. The number of nitrogens with zero attached hydrogens (tertiary/aromatic N) is 2. The second-order valence-corrected chi connectivity index (χ2v) is 5.95. The molecular weight excluding hydrogens is 240 g/mol. The maximum absolute atomic E-state index is 11.2. The van der Waals surface area contributed by atoms with E-state index in [4.69, 9.17) is 0 Å². The first-order chi connectivity index (χ1) is 8.88. The summed E-state index contributed by atoms with van der Waals surface area (Å²) >= 11 is 0. The molecule has 0 saturated heterocycles. The van der Waals surface area contributed by atoms with E-state index in [2.05, 4.69) is 16.8 Å². The number of aromatic carboxylic acids is 1. The van der Waals surface area contributed by atoms with Gasteiger partial charge in [-0.3, -0.25) is 0 Å². The van der Waals surface area contributed by atoms with Crippen LogP contribution in [0.3, 0.4) is 0 Å². The third-order valence-electron chi connectivity index (χ3n) is 3.85. The molecule has 4 nitrogen and oxygen atoms in total. The number of aromatic nitrogens is 1. The summed E-state index contributed by atoms with van der Waals surface area (Å²) in [6.45, 7) is 7.26. The Morgan fingerprint density at radius 1 is 1.53 bits per heavy atom. The molecule has 0 aliphatic heterocycles. The van der Waals surface area contributed by atoms with E-state index in [9.17, 15) is 9.90 Å². The summed E-state index contributed by atoms with van der Waals surface area (Å²) in [7, 11) is 1.99. The van der Waals surface area contributed by atoms with E-state index >= 15 is 0 Å². The molecule has 104 valence electrons. The molecule has 4 heteroatoms. The Bertz CT molecular complexity index is 485. The highest BCUT2D eigenvalue weighted by molar-refractivity contribution is 5.88. The Labute approximate surface area is 114 Å². The van der Waals surface area contributed by atoms with Gasteiger partial charge in [0.05, 0.1) is 5.56 Å². The zero-order chi connectivity index (χ0) is 14.2. The van der Waals surface area contributed by atoms with Crippen molar-refractivity contribution >= 4 is 11.8 Å². The molecule has 19 heavy (non-hydrogen) atoms. The lowest BCUT2D eigenvalue weighted by Gasteiger charge is -2.20. The van der Waals surface area contributed by atoms with Gasteiger partial charge in [-0.2, -0.15) is 0 Å². The highest BCUT2D eigenvalue weighted by atomic mass is 16.4. The SMILES string of the molecule is CC(C)c1cc(C(=O)O)cc(N(C)CC2CC2C)n1. The van der Waals surface area contributed by atoms with Gasteiger partial charge in [-0.15, -0.1) is 0 Å². The second kappa shape index (κ2) is 5.19. The standard InChI is InChI=1S/C15H22N2O2/c1-9(2)13-6-11(15(18)19)7-14(16-13)17(4)8-12-5-10(12)3/h6-7,9-10,12H,5,8H2,1-4H3,(H,18,19). The van der Waals surface area contributed by atoms with Crippen molar-refractivity contribution in [3.63, 3.8) is 0 Å². The lowest BCUT2D eigenvalue weighted by molar-refractivity contribution is 0.0696. The molecule has 0 amide bonds. The minimum absolute atomic E-state index is 0.228. The molecule has 1 aliphatic carbocycles. The number of hydrogen-bond donors (Lipinski definition) is 1. The Kier molecular flexibility index (Phi) is 3.78. The Hall–Kier alpha value is -1.58. The van der Waals surface area contributed by atoms with Gasteiger partial charge in [0.1, 0.15) is 5.82 Å². The number of carbonyl (C=O) groups is 1. The van der Waals surface area contributed by atoms with Crippen LogP contribution in [-0.2, 0) is 0 Å². The van der Waals surface area contributed by atoms with Crippen molar-refractivity contribution in [3.05, 3.63) is 23.4 Å². The third-order valence-corrected chi connectivity index (χ3v) is 3.85. The van der Waals surface area contributed by atoms with Crippen LogP contribution in [0.1, 0.15) is 49.2 Å². The maximum Gasteiger partial charge on any atom is 0.335 e. The van der Waals surface area contributed by atoms with Crippen LogP contribution in [0.25, 0.3) is 0 Å². The Morgan fingerprint density at radius 2 is 2.16 bits per heavy atom. The third kappa shape index (κ3) is 3.25. The first kappa shape index (κ1) is 13.8. The largest absolute Gasteiger partial charge is 0.478 e. The Balaban J connectivity index is 2.24. The van der Waals surface area contributed by atoms with Crippen LogP contribution in [-0.4, -0.2) is 29.7 Å². The monoisotopic (exact) mass is 262 g/mol. The lowest BCUT2D eigenvalue weighted by Crippen LogP contribution is -2.22. The van der Waals surface area contributed by atoms with Crippen molar-refractivity contribution in [2.75, 3.05) is 18.5 Å². The molecule has 1 heterocycles. The number of hydrogen-bond acceptors (Lipinski definition) is 3. The summed E-state index contributed by atoms with van der Waals surface area (Å²) in [5.41, 5.74) is 1.16. The molecule has 1 aromatic heterocycles. The molecule has 2 rings (SSSR count). The summed E-state index contributed by atoms with van der Waals surface area (Å²) in [5.74, 6) is 1.62. The van der Waals surface area contributed by atoms with Crippen LogP contribution < -0.4 is 4.90 Å². The van der Waals surface area contributed by atoms with Gasteiger partial charge in [0.25, 0.3) is 0 Å². The van der Waals surface area contributed by atoms with E-state index in [1.807, 2.05) is 20.9 Å². The van der Waals surface area contributed by atoms with Crippen molar-refractivity contribution in [2.45, 2.75) is 33.1 Å². The van der Waals surface area contributed by atoms with Crippen molar-refractivity contribution in [1.82, 2.24) is 4.98 Å². The highest BCUT2D eigenvalue weighted by Gasteiger charge is 2.33. The minimum Gasteiger partial charge on any atom is -0.478 e. The van der Waals surface area contributed by atoms with Crippen LogP contribution in [0.2, 0.25) is 0 Å². The average molecular weight is 262 g/mol. The van der Waals surface area contributed by atoms with Gasteiger partial charge in [0, 0.05) is 19.3 Å². The molecular formula is C15H22N2O2. The molecule has 2 unspecified atom stereocenters. The molecule has 1 fully saturated rings. The van der Waals surface area contributed by atoms with Gasteiger partial charge in [0.2, 0.25) is 0 Å².